The maximum Gasteiger partial charge on any atom is 0.412 e. The second-order valence-electron chi connectivity index (χ2n) is 8.82. The van der Waals surface area contributed by atoms with Gasteiger partial charge in [-0.25, -0.2) is 13.2 Å². The molecule has 0 saturated heterocycles. The van der Waals surface area contributed by atoms with Gasteiger partial charge in [0, 0.05) is 17.6 Å². The van der Waals surface area contributed by atoms with Crippen molar-refractivity contribution in [3.63, 3.8) is 0 Å². The largest absolute Gasteiger partial charge is 0.445 e. The van der Waals surface area contributed by atoms with Crippen molar-refractivity contribution >= 4 is 27.5 Å². The lowest BCUT2D eigenvalue weighted by Gasteiger charge is -2.25. The number of ether oxygens (including phenoxy) is 1. The van der Waals surface area contributed by atoms with Crippen molar-refractivity contribution in [3.05, 3.63) is 52.8 Å². The van der Waals surface area contributed by atoms with Crippen molar-refractivity contribution in [1.29, 1.82) is 0 Å². The summed E-state index contributed by atoms with van der Waals surface area (Å²) in [5.74, 6) is -0.172. The third kappa shape index (κ3) is 9.94. The Morgan fingerprint density at radius 3 is 2.38 bits per heavy atom. The summed E-state index contributed by atoms with van der Waals surface area (Å²) in [7, 11) is -3.35. The Hall–Kier alpha value is -2.88. The molecule has 190 valence electrons. The number of anilines is 1. The number of nitrogens with one attached hydrogen (secondary N) is 2. The monoisotopic (exact) mass is 495 g/mol. The van der Waals surface area contributed by atoms with Crippen molar-refractivity contribution in [2.75, 3.05) is 17.7 Å². The third-order valence-electron chi connectivity index (χ3n) is 4.85. The highest BCUT2D eigenvalue weighted by molar-refractivity contribution is 7.94. The molecule has 10 heteroatoms. The molecule has 2 amide bonds. The van der Waals surface area contributed by atoms with Gasteiger partial charge in [0.05, 0.1) is 5.75 Å². The molecule has 0 bridgehead atoms. The van der Waals surface area contributed by atoms with E-state index in [1.165, 1.54) is 29.0 Å². The van der Waals surface area contributed by atoms with Gasteiger partial charge in [0.1, 0.15) is 18.3 Å². The number of carbonyl (C=O) groups is 2. The summed E-state index contributed by atoms with van der Waals surface area (Å²) in [6.07, 6.45) is 4.46. The summed E-state index contributed by atoms with van der Waals surface area (Å²) in [6, 6.07) is 1.61. The van der Waals surface area contributed by atoms with Crippen molar-refractivity contribution < 1.29 is 22.7 Å². The van der Waals surface area contributed by atoms with Gasteiger partial charge in [-0.15, -0.1) is 0 Å². The summed E-state index contributed by atoms with van der Waals surface area (Å²) < 4.78 is 30.0. The number of amides is 2. The molecule has 0 aromatic carbocycles. The Kier molecular flexibility index (Phi) is 11.8. The van der Waals surface area contributed by atoms with Crippen LogP contribution in [0.3, 0.4) is 0 Å². The van der Waals surface area contributed by atoms with Gasteiger partial charge < -0.3 is 14.6 Å². The Labute approximate surface area is 202 Å². The van der Waals surface area contributed by atoms with E-state index in [0.29, 0.717) is 12.8 Å². The molecule has 1 heterocycles. The minimum atomic E-state index is -3.35. The molecule has 0 aliphatic rings. The zero-order chi connectivity index (χ0) is 25.9. The molecule has 34 heavy (non-hydrogen) atoms. The van der Waals surface area contributed by atoms with Crippen LogP contribution in [0.4, 0.5) is 10.5 Å². The zero-order valence-corrected chi connectivity index (χ0v) is 21.4. The predicted molar refractivity (Wildman–Crippen MR) is 134 cm³/mol. The van der Waals surface area contributed by atoms with Gasteiger partial charge >= 0.3 is 6.09 Å². The van der Waals surface area contributed by atoms with E-state index in [2.05, 4.69) is 17.2 Å². The Bertz CT molecular complexity index is 1030. The predicted octanol–water partition coefficient (Wildman–Crippen LogP) is 3.65. The Morgan fingerprint density at radius 2 is 1.82 bits per heavy atom. The van der Waals surface area contributed by atoms with Gasteiger partial charge in [0.15, 0.2) is 9.84 Å². The van der Waals surface area contributed by atoms with E-state index in [1.54, 1.807) is 13.0 Å². The van der Waals surface area contributed by atoms with Crippen LogP contribution in [-0.2, 0) is 19.4 Å². The van der Waals surface area contributed by atoms with Crippen LogP contribution in [0.25, 0.3) is 0 Å². The highest BCUT2D eigenvalue weighted by Gasteiger charge is 2.26. The van der Waals surface area contributed by atoms with Gasteiger partial charge in [-0.2, -0.15) is 0 Å². The fourth-order valence-electron chi connectivity index (χ4n) is 3.21. The lowest BCUT2D eigenvalue weighted by atomic mass is 10.0. The number of pyridine rings is 1. The van der Waals surface area contributed by atoms with E-state index in [1.807, 2.05) is 27.7 Å². The minimum absolute atomic E-state index is 0.0102. The highest BCUT2D eigenvalue weighted by atomic mass is 32.2. The first kappa shape index (κ1) is 29.2. The number of aromatic nitrogens is 1. The summed E-state index contributed by atoms with van der Waals surface area (Å²) in [4.78, 5) is 38.3. The molecule has 2 N–H and O–H groups in total. The van der Waals surface area contributed by atoms with Crippen LogP contribution in [0.1, 0.15) is 53.5 Å². The maximum absolute atomic E-state index is 13.3. The summed E-state index contributed by atoms with van der Waals surface area (Å²) in [5, 5.41) is 6.41. The number of rotatable bonds is 13. The minimum Gasteiger partial charge on any atom is -0.445 e. The van der Waals surface area contributed by atoms with E-state index in [-0.39, 0.29) is 29.9 Å². The molecule has 0 fully saturated rings. The molecule has 0 radical (unpaired) electrons. The average Bonchev–Trinajstić information content (AvgIpc) is 2.75. The van der Waals surface area contributed by atoms with Gasteiger partial charge in [-0.3, -0.25) is 14.9 Å². The van der Waals surface area contributed by atoms with E-state index < -0.39 is 39.5 Å². The van der Waals surface area contributed by atoms with Crippen LogP contribution in [0.2, 0.25) is 0 Å². The molecular formula is C24H37N3O6S. The van der Waals surface area contributed by atoms with Gasteiger partial charge in [0.2, 0.25) is 5.91 Å². The van der Waals surface area contributed by atoms with Crippen LogP contribution in [0.15, 0.2) is 47.3 Å². The van der Waals surface area contributed by atoms with Crippen molar-refractivity contribution in [3.8, 4) is 0 Å². The van der Waals surface area contributed by atoms with Gasteiger partial charge in [-0.1, -0.05) is 53.3 Å². The normalized spacial score (nSPS) is 13.6. The molecular weight excluding hydrogens is 458 g/mol. The third-order valence-corrected chi connectivity index (χ3v) is 6.23. The topological polar surface area (TPSA) is 124 Å². The molecule has 0 saturated carbocycles. The molecule has 2 atom stereocenters. The van der Waals surface area contributed by atoms with E-state index >= 15 is 0 Å². The first-order valence-corrected chi connectivity index (χ1v) is 13.1. The number of nitrogens with zero attached hydrogens (tertiary/aromatic N) is 1. The Morgan fingerprint density at radius 1 is 1.18 bits per heavy atom. The van der Waals surface area contributed by atoms with Crippen LogP contribution >= 0.6 is 0 Å². The molecule has 1 rings (SSSR count). The molecule has 9 nitrogen and oxygen atoms in total. The highest BCUT2D eigenvalue weighted by Crippen LogP contribution is 2.19. The maximum atomic E-state index is 13.3. The van der Waals surface area contributed by atoms with Crippen LogP contribution < -0.4 is 16.2 Å². The van der Waals surface area contributed by atoms with Crippen LogP contribution in [-0.4, -0.2) is 43.4 Å². The fraction of sp³-hybridized carbons (Fsp3) is 0.542. The number of hydrogen-bond acceptors (Lipinski definition) is 6. The van der Waals surface area contributed by atoms with Crippen LogP contribution in [0.5, 0.6) is 0 Å². The molecule has 1 aromatic rings. The molecule has 1 aromatic heterocycles. The van der Waals surface area contributed by atoms with Crippen molar-refractivity contribution in [2.24, 2.45) is 11.8 Å². The van der Waals surface area contributed by atoms with Crippen molar-refractivity contribution in [1.82, 2.24) is 9.88 Å². The second kappa shape index (κ2) is 13.7. The standard InChI is InChI=1S/C24H37N3O6S/c1-7-13-33-24(30)26-20-10-9-12-27(23(20)29)21(16-18(5)6)22(28)25-19(15-17(3)4)11-14-34(31,32)8-2/h7,9-12,14,17-19,21H,1,8,13,15-16H2,2-6H3,(H,25,28)(H,26,30)/b14-11+/t19-,21+/m1/s1. The van der Waals surface area contributed by atoms with Crippen LogP contribution in [0, 0.1) is 11.8 Å². The molecule has 0 spiro atoms. The molecule has 0 aliphatic heterocycles. The average molecular weight is 496 g/mol. The zero-order valence-electron chi connectivity index (χ0n) is 20.6. The Balaban J connectivity index is 3.26. The SMILES string of the molecule is C=CCOC(=O)Nc1cccn([C@@H](CC(C)C)C(=O)N[C@H](/C=C/S(=O)(=O)CC)CC(C)C)c1=O. The molecule has 0 unspecified atom stereocenters. The quantitative estimate of drug-likeness (QED) is 0.403. The van der Waals surface area contributed by atoms with Gasteiger partial charge in [0.25, 0.3) is 5.56 Å². The van der Waals surface area contributed by atoms with E-state index in [0.717, 1.165) is 5.41 Å². The van der Waals surface area contributed by atoms with E-state index in [4.69, 9.17) is 4.74 Å². The fourth-order valence-corrected chi connectivity index (χ4v) is 3.83. The number of carbonyl (C=O) groups excluding carboxylic acids is 2. The first-order chi connectivity index (χ1) is 15.9. The smallest absolute Gasteiger partial charge is 0.412 e. The second-order valence-corrected chi connectivity index (χ2v) is 11.0. The number of sulfone groups is 1. The summed E-state index contributed by atoms with van der Waals surface area (Å²) >= 11 is 0. The van der Waals surface area contributed by atoms with Gasteiger partial charge in [-0.05, 0) is 36.8 Å². The lowest BCUT2D eigenvalue weighted by Crippen LogP contribution is -2.43. The summed E-state index contributed by atoms with van der Waals surface area (Å²) in [6.45, 7) is 12.8. The number of hydrogen-bond donors (Lipinski definition) is 2. The first-order valence-electron chi connectivity index (χ1n) is 11.4. The molecule has 0 aliphatic carbocycles. The van der Waals surface area contributed by atoms with E-state index in [9.17, 15) is 22.8 Å². The van der Waals surface area contributed by atoms with Crippen molar-refractivity contribution in [2.45, 2.75) is 59.5 Å². The summed E-state index contributed by atoms with van der Waals surface area (Å²) in [5.41, 5.74) is -0.575. The lowest BCUT2D eigenvalue weighted by molar-refractivity contribution is -0.125.